The van der Waals surface area contributed by atoms with E-state index >= 15 is 0 Å². The van der Waals surface area contributed by atoms with Gasteiger partial charge in [-0.25, -0.2) is 0 Å². The van der Waals surface area contributed by atoms with Crippen molar-refractivity contribution in [2.24, 2.45) is 4.99 Å². The summed E-state index contributed by atoms with van der Waals surface area (Å²) in [5, 5.41) is 10.3. The number of aliphatic hydroxyl groups excluding tert-OH is 1. The third-order valence-electron chi connectivity index (χ3n) is 2.99. The number of rotatable bonds is 6. The first-order valence-corrected chi connectivity index (χ1v) is 15.3. The van der Waals surface area contributed by atoms with Gasteiger partial charge >= 0.3 is 42.6 Å². The molecule has 0 radical (unpaired) electrons. The van der Waals surface area contributed by atoms with E-state index in [-0.39, 0.29) is 5.76 Å². The van der Waals surface area contributed by atoms with E-state index < -0.39 is 14.7 Å². The monoisotopic (exact) mass is 450 g/mol. The van der Waals surface area contributed by atoms with Crippen LogP contribution in [0, 0.1) is 0 Å². The van der Waals surface area contributed by atoms with Crippen molar-refractivity contribution in [3.63, 3.8) is 0 Å². The van der Waals surface area contributed by atoms with Gasteiger partial charge in [0.2, 0.25) is 0 Å². The molecule has 2 aromatic carbocycles. The molecule has 0 aromatic heterocycles. The molecule has 0 bridgehead atoms. The molecule has 0 saturated heterocycles. The molecule has 2 rings (SSSR count). The number of aliphatic hydroxyl groups is 1. The molecule has 0 atom stereocenters. The average Bonchev–Trinajstić information content (AvgIpc) is 2.62. The molecule has 0 aliphatic rings. The Balaban J connectivity index is 0.000000705. The van der Waals surface area contributed by atoms with Gasteiger partial charge in [-0.15, -0.1) is 0 Å². The molecular weight excluding hydrogens is 432 g/mol. The van der Waals surface area contributed by atoms with E-state index in [0.29, 0.717) is 0 Å². The second kappa shape index (κ2) is 13.7. The summed E-state index contributed by atoms with van der Waals surface area (Å²) in [7, 11) is 14.9. The molecule has 0 amide bonds. The number of hydrogen-bond donors (Lipinski definition) is 1. The van der Waals surface area contributed by atoms with Gasteiger partial charge in [0.25, 0.3) is 0 Å². The molecule has 0 aliphatic heterocycles. The van der Waals surface area contributed by atoms with Gasteiger partial charge in [-0.1, -0.05) is 60.7 Å². The molecule has 1 N–H and O–H groups in total. The maximum absolute atomic E-state index is 10.3. The fourth-order valence-electron chi connectivity index (χ4n) is 1.91. The second-order valence-corrected chi connectivity index (χ2v) is 13.5. The Bertz CT molecular complexity index is 664. The molecule has 0 spiro atoms. The summed E-state index contributed by atoms with van der Waals surface area (Å²) >= 11 is -0.153. The van der Waals surface area contributed by atoms with Crippen LogP contribution in [0.1, 0.15) is 11.1 Å². The first-order valence-electron chi connectivity index (χ1n) is 7.43. The first-order chi connectivity index (χ1) is 12.0. The van der Waals surface area contributed by atoms with Crippen molar-refractivity contribution in [2.75, 3.05) is 18.6 Å². The topological polar surface area (TPSA) is 32.6 Å². The molecule has 0 heterocycles. The van der Waals surface area contributed by atoms with E-state index in [1.54, 1.807) is 17.8 Å². The number of benzene rings is 2. The van der Waals surface area contributed by atoms with Gasteiger partial charge in [-0.2, -0.15) is 11.8 Å². The molecule has 0 saturated carbocycles. The van der Waals surface area contributed by atoms with Crippen LogP contribution >= 0.6 is 39.7 Å². The summed E-state index contributed by atoms with van der Waals surface area (Å²) in [6.07, 6.45) is 3.81. The maximum atomic E-state index is 10.3. The zero-order valence-corrected chi connectivity index (χ0v) is 18.3. The quantitative estimate of drug-likeness (QED) is 0.235. The Kier molecular flexibility index (Phi) is 12.4. The number of nitrogens with zero attached hydrogens (tertiary/aromatic N) is 1. The number of halogens is 3. The van der Waals surface area contributed by atoms with Crippen LogP contribution in [-0.2, 0) is 14.7 Å². The van der Waals surface area contributed by atoms with Crippen LogP contribution in [0.15, 0.2) is 71.7 Å². The van der Waals surface area contributed by atoms with Crippen molar-refractivity contribution in [1.82, 2.24) is 0 Å². The molecule has 0 unspecified atom stereocenters. The van der Waals surface area contributed by atoms with Gasteiger partial charge in [0.1, 0.15) is 5.76 Å². The van der Waals surface area contributed by atoms with E-state index in [1.165, 1.54) is 0 Å². The van der Waals surface area contributed by atoms with Crippen molar-refractivity contribution >= 4 is 51.1 Å². The summed E-state index contributed by atoms with van der Waals surface area (Å²) in [6.45, 7) is 0.740. The van der Waals surface area contributed by atoms with E-state index in [2.05, 4.69) is 11.2 Å². The minimum atomic E-state index is -1.92. The normalized spacial score (nSPS) is 11.5. The van der Waals surface area contributed by atoms with Crippen LogP contribution in [0.2, 0.25) is 0 Å². The van der Waals surface area contributed by atoms with Gasteiger partial charge in [0.15, 0.2) is 0 Å². The van der Waals surface area contributed by atoms with Crippen molar-refractivity contribution < 1.29 is 19.8 Å². The molecule has 2 aromatic rings. The number of hydrogen-bond acceptors (Lipinski definition) is 3. The minimum absolute atomic E-state index is 0.238. The van der Waals surface area contributed by atoms with E-state index in [4.69, 9.17) is 27.9 Å². The third-order valence-corrected chi connectivity index (χ3v) is 3.58. The molecule has 0 fully saturated rings. The van der Waals surface area contributed by atoms with Crippen LogP contribution in [0.5, 0.6) is 0 Å². The van der Waals surface area contributed by atoms with Crippen molar-refractivity contribution in [3.8, 4) is 0 Å². The fraction of sp³-hybridized carbons (Fsp3) is 0.167. The summed E-state index contributed by atoms with van der Waals surface area (Å²) in [6, 6.07) is 19.5. The Morgan fingerprint density at radius 3 is 1.96 bits per heavy atom. The molecule has 0 aliphatic carbocycles. The molecular formula is C18H19Cl3NOSTi. The third kappa shape index (κ3) is 10.3. The summed E-state index contributed by atoms with van der Waals surface area (Å²) in [5.74, 6) is 1.21. The predicted octanol–water partition coefficient (Wildman–Crippen LogP) is 6.50. The van der Waals surface area contributed by atoms with Crippen molar-refractivity contribution in [1.29, 1.82) is 0 Å². The van der Waals surface area contributed by atoms with Crippen molar-refractivity contribution in [3.05, 3.63) is 77.9 Å². The summed E-state index contributed by atoms with van der Waals surface area (Å²) < 4.78 is 0. The van der Waals surface area contributed by atoms with Crippen LogP contribution in [0.25, 0.3) is 5.76 Å². The Morgan fingerprint density at radius 2 is 1.48 bits per heavy atom. The van der Waals surface area contributed by atoms with E-state index in [1.807, 2.05) is 60.7 Å². The standard InChI is InChI=1S/C18H19NOS.3ClH.Ti/c1-21-13-12-19-17(15-8-4-2-5-9-15)14-18(20)16-10-6-3-7-11-16;;;;/h2-11,14,20H,12-13H2,1H3;3*1H;/q;;;;+3/p-3/b18-14-,19-17?;;;;. The predicted molar refractivity (Wildman–Crippen MR) is 111 cm³/mol. The van der Waals surface area contributed by atoms with Crippen LogP contribution in [-0.4, -0.2) is 29.4 Å². The van der Waals surface area contributed by atoms with Crippen LogP contribution < -0.4 is 0 Å². The molecule has 2 nitrogen and oxygen atoms in total. The summed E-state index contributed by atoms with van der Waals surface area (Å²) in [5.41, 5.74) is 2.62. The molecule has 133 valence electrons. The van der Waals surface area contributed by atoms with Crippen LogP contribution in [0.4, 0.5) is 0 Å². The number of allylic oxidation sites excluding steroid dienone is 1. The van der Waals surface area contributed by atoms with E-state index in [9.17, 15) is 5.11 Å². The van der Waals surface area contributed by atoms with Crippen molar-refractivity contribution in [2.45, 2.75) is 0 Å². The second-order valence-electron chi connectivity index (χ2n) is 4.74. The van der Waals surface area contributed by atoms with E-state index in [0.717, 1.165) is 29.1 Å². The Hall–Kier alpha value is -0.416. The zero-order chi connectivity index (χ0) is 18.5. The van der Waals surface area contributed by atoms with Gasteiger partial charge in [0.05, 0.1) is 5.71 Å². The number of thioether (sulfide) groups is 1. The molecule has 25 heavy (non-hydrogen) atoms. The first kappa shape index (κ1) is 22.6. The fourth-order valence-corrected chi connectivity index (χ4v) is 2.18. The van der Waals surface area contributed by atoms with Gasteiger partial charge in [-0.3, -0.25) is 4.99 Å². The SMILES string of the molecule is CSCCN=C(/C=C(\O)c1ccccc1)c1ccccc1.[Cl][Ti]([Cl])[Cl]. The van der Waals surface area contributed by atoms with Gasteiger partial charge < -0.3 is 5.11 Å². The zero-order valence-electron chi connectivity index (χ0n) is 13.7. The van der Waals surface area contributed by atoms with Gasteiger partial charge in [0, 0.05) is 23.9 Å². The van der Waals surface area contributed by atoms with Crippen LogP contribution in [0.3, 0.4) is 0 Å². The summed E-state index contributed by atoms with van der Waals surface area (Å²) in [4.78, 5) is 4.61. The number of aliphatic imine (C=N–C) groups is 1. The molecule has 7 heteroatoms. The average molecular weight is 452 g/mol. The Labute approximate surface area is 171 Å². The Morgan fingerprint density at radius 1 is 1.00 bits per heavy atom. The van der Waals surface area contributed by atoms with Gasteiger partial charge in [-0.05, 0) is 11.8 Å².